The number of hydrogen-bond donors (Lipinski definition) is 0. The van der Waals surface area contributed by atoms with Crippen LogP contribution in [0.25, 0.3) is 0 Å². The molecule has 0 bridgehead atoms. The highest BCUT2D eigenvalue weighted by atomic mass is 32.2. The van der Waals surface area contributed by atoms with Gasteiger partial charge in [-0.15, -0.1) is 0 Å². The fourth-order valence-corrected chi connectivity index (χ4v) is 1.81. The molecule has 0 amide bonds. The fourth-order valence-electron chi connectivity index (χ4n) is 1.24. The molecule has 0 aliphatic heterocycles. The van der Waals surface area contributed by atoms with Crippen molar-refractivity contribution in [2.45, 2.75) is 47.5 Å². The van der Waals surface area contributed by atoms with Crippen molar-refractivity contribution in [1.82, 2.24) is 0 Å². The topological polar surface area (TPSA) is 29.4 Å². The molecule has 1 atom stereocenters. The molecule has 0 aromatic carbocycles. The molecule has 3 heteroatoms. The van der Waals surface area contributed by atoms with Gasteiger partial charge in [0.25, 0.3) is 0 Å². The molecule has 0 rings (SSSR count). The first kappa shape index (κ1) is 15.3. The summed E-state index contributed by atoms with van der Waals surface area (Å²) in [6.07, 6.45) is 6.05. The summed E-state index contributed by atoms with van der Waals surface area (Å²) < 4.78 is 15.3. The second-order valence-electron chi connectivity index (χ2n) is 3.90. The molecular weight excluding hydrogens is 218 g/mol. The molecule has 0 aromatic rings. The number of nitrogens with zero attached hydrogens (tertiary/aromatic N) is 1. The van der Waals surface area contributed by atoms with Crippen LogP contribution in [0.2, 0.25) is 0 Å². The Morgan fingerprint density at radius 1 is 1.25 bits per heavy atom. The van der Waals surface area contributed by atoms with E-state index in [0.29, 0.717) is 5.75 Å². The maximum absolute atomic E-state index is 11.2. The summed E-state index contributed by atoms with van der Waals surface area (Å²) in [4.78, 5) is 0. The predicted molar refractivity (Wildman–Crippen MR) is 74.2 cm³/mol. The Morgan fingerprint density at radius 2 is 1.88 bits per heavy atom. The Hall–Kier alpha value is -0.700. The molecule has 0 aliphatic rings. The van der Waals surface area contributed by atoms with Crippen LogP contribution in [-0.2, 0) is 11.0 Å². The quantitative estimate of drug-likeness (QED) is 0.513. The van der Waals surface area contributed by atoms with Crippen LogP contribution in [-0.4, -0.2) is 15.7 Å². The van der Waals surface area contributed by atoms with Crippen molar-refractivity contribution >= 4 is 16.7 Å². The lowest BCUT2D eigenvalue weighted by Crippen LogP contribution is -1.97. The molecule has 0 heterocycles. The van der Waals surface area contributed by atoms with Crippen molar-refractivity contribution in [2.24, 2.45) is 4.40 Å². The average Bonchev–Trinajstić information content (AvgIpc) is 2.25. The summed E-state index contributed by atoms with van der Waals surface area (Å²) in [5, 5.41) is 0. The van der Waals surface area contributed by atoms with Crippen LogP contribution in [0.4, 0.5) is 0 Å². The zero-order valence-corrected chi connectivity index (χ0v) is 11.9. The third-order valence-corrected chi connectivity index (χ3v) is 3.47. The third kappa shape index (κ3) is 6.72. The number of allylic oxidation sites excluding steroid dienone is 4. The Labute approximate surface area is 102 Å². The van der Waals surface area contributed by atoms with Crippen LogP contribution in [0, 0.1) is 0 Å². The van der Waals surface area contributed by atoms with Gasteiger partial charge in [-0.1, -0.05) is 30.2 Å². The Balaban J connectivity index is 4.30. The second kappa shape index (κ2) is 8.45. The minimum atomic E-state index is -1.03. The average molecular weight is 241 g/mol. The first-order valence-electron chi connectivity index (χ1n) is 5.73. The summed E-state index contributed by atoms with van der Waals surface area (Å²) >= 11 is 0. The van der Waals surface area contributed by atoms with Gasteiger partial charge in [-0.2, -0.15) is 4.40 Å². The van der Waals surface area contributed by atoms with Crippen LogP contribution in [0.5, 0.6) is 0 Å². The number of hydrogen-bond acceptors (Lipinski definition) is 1. The molecule has 0 fully saturated rings. The lowest BCUT2D eigenvalue weighted by molar-refractivity contribution is 0.685. The van der Waals surface area contributed by atoms with Gasteiger partial charge in [-0.3, -0.25) is 0 Å². The molecule has 16 heavy (non-hydrogen) atoms. The molecule has 0 aromatic heterocycles. The number of rotatable bonds is 6. The molecule has 92 valence electrons. The summed E-state index contributed by atoms with van der Waals surface area (Å²) in [5.74, 6) is 0.601. The normalized spacial score (nSPS) is 16.4. The zero-order valence-electron chi connectivity index (χ0n) is 11.0. The summed E-state index contributed by atoms with van der Waals surface area (Å²) in [6, 6.07) is 0. The van der Waals surface area contributed by atoms with E-state index in [4.69, 9.17) is 0 Å². The van der Waals surface area contributed by atoms with Crippen LogP contribution >= 0.6 is 0 Å². The standard InChI is InChI=1S/C13H23NOS/c1-6-8-11(3)12(4)9-10-13(5)14-16(15)7-2/h6,8H,7,9-10H2,1-5H3. The second-order valence-corrected chi connectivity index (χ2v) is 5.30. The van der Waals surface area contributed by atoms with Crippen molar-refractivity contribution in [3.05, 3.63) is 23.3 Å². The lowest BCUT2D eigenvalue weighted by Gasteiger charge is -2.04. The van der Waals surface area contributed by atoms with Crippen molar-refractivity contribution < 1.29 is 4.21 Å². The molecule has 0 spiro atoms. The van der Waals surface area contributed by atoms with E-state index in [1.807, 2.05) is 26.8 Å². The van der Waals surface area contributed by atoms with Crippen LogP contribution in [0.15, 0.2) is 27.7 Å². The van der Waals surface area contributed by atoms with E-state index >= 15 is 0 Å². The largest absolute Gasteiger partial charge is 0.235 e. The predicted octanol–water partition coefficient (Wildman–Crippen LogP) is 3.82. The van der Waals surface area contributed by atoms with Gasteiger partial charge in [-0.05, 0) is 40.5 Å². The van der Waals surface area contributed by atoms with Crippen LogP contribution < -0.4 is 0 Å². The first-order valence-corrected chi connectivity index (χ1v) is 7.00. The molecule has 2 nitrogen and oxygen atoms in total. The maximum Gasteiger partial charge on any atom is 0.138 e. The van der Waals surface area contributed by atoms with E-state index in [0.717, 1.165) is 18.6 Å². The fraction of sp³-hybridized carbons (Fsp3) is 0.615. The minimum Gasteiger partial charge on any atom is -0.235 e. The van der Waals surface area contributed by atoms with Crippen molar-refractivity contribution in [3.63, 3.8) is 0 Å². The smallest absolute Gasteiger partial charge is 0.138 e. The van der Waals surface area contributed by atoms with Gasteiger partial charge in [0.2, 0.25) is 0 Å². The van der Waals surface area contributed by atoms with E-state index in [2.05, 4.69) is 24.3 Å². The van der Waals surface area contributed by atoms with Crippen LogP contribution in [0.3, 0.4) is 0 Å². The van der Waals surface area contributed by atoms with Crippen molar-refractivity contribution in [3.8, 4) is 0 Å². The van der Waals surface area contributed by atoms with Gasteiger partial charge in [0, 0.05) is 11.5 Å². The highest BCUT2D eigenvalue weighted by Crippen LogP contribution is 2.12. The Kier molecular flexibility index (Phi) is 8.08. The molecule has 0 radical (unpaired) electrons. The van der Waals surface area contributed by atoms with E-state index < -0.39 is 11.0 Å². The molecule has 1 unspecified atom stereocenters. The van der Waals surface area contributed by atoms with E-state index in [1.165, 1.54) is 11.1 Å². The first-order chi connectivity index (χ1) is 7.51. The Morgan fingerprint density at radius 3 is 2.38 bits per heavy atom. The highest BCUT2D eigenvalue weighted by molar-refractivity contribution is 7.83. The molecule has 0 N–H and O–H groups in total. The highest BCUT2D eigenvalue weighted by Gasteiger charge is 1.99. The van der Waals surface area contributed by atoms with Gasteiger partial charge in [0.15, 0.2) is 0 Å². The summed E-state index contributed by atoms with van der Waals surface area (Å²) in [6.45, 7) is 10.1. The zero-order chi connectivity index (χ0) is 12.6. The van der Waals surface area contributed by atoms with Gasteiger partial charge >= 0.3 is 0 Å². The third-order valence-electron chi connectivity index (χ3n) is 2.46. The van der Waals surface area contributed by atoms with Gasteiger partial charge in [-0.25, -0.2) is 4.21 Å². The SMILES string of the molecule is CC=CC(C)=C(C)CCC(C)=NS(=O)CC. The summed E-state index contributed by atoms with van der Waals surface area (Å²) in [5.41, 5.74) is 3.66. The Bertz CT molecular complexity index is 327. The summed E-state index contributed by atoms with van der Waals surface area (Å²) in [7, 11) is -1.03. The minimum absolute atomic E-state index is 0.601. The lowest BCUT2D eigenvalue weighted by atomic mass is 10.0. The van der Waals surface area contributed by atoms with Gasteiger partial charge in [0.1, 0.15) is 11.0 Å². The van der Waals surface area contributed by atoms with E-state index in [-0.39, 0.29) is 0 Å². The maximum atomic E-state index is 11.2. The molecule has 0 saturated heterocycles. The van der Waals surface area contributed by atoms with E-state index in [1.54, 1.807) is 0 Å². The van der Waals surface area contributed by atoms with Crippen LogP contribution in [0.1, 0.15) is 47.5 Å². The van der Waals surface area contributed by atoms with Gasteiger partial charge < -0.3 is 0 Å². The van der Waals surface area contributed by atoms with Gasteiger partial charge in [0.05, 0.1) is 0 Å². The van der Waals surface area contributed by atoms with Crippen molar-refractivity contribution in [1.29, 1.82) is 0 Å². The molecular formula is C13H23NOS. The monoisotopic (exact) mass is 241 g/mol. The van der Waals surface area contributed by atoms with Crippen molar-refractivity contribution in [2.75, 3.05) is 5.75 Å². The molecule has 0 aliphatic carbocycles. The molecule has 0 saturated carbocycles. The van der Waals surface area contributed by atoms with E-state index in [9.17, 15) is 4.21 Å².